The molecule has 0 atom stereocenters. The van der Waals surface area contributed by atoms with E-state index in [1.165, 1.54) is 21.5 Å². The normalized spacial score (nSPS) is 11.0. The fourth-order valence-electron chi connectivity index (χ4n) is 12.5. The lowest BCUT2D eigenvalue weighted by Gasteiger charge is -2.30. The summed E-state index contributed by atoms with van der Waals surface area (Å²) in [5.74, 6) is 0. The Balaban J connectivity index is 0.730. The van der Waals surface area contributed by atoms with Gasteiger partial charge in [0.15, 0.2) is 0 Å². The van der Waals surface area contributed by atoms with Crippen LogP contribution in [0.15, 0.2) is 388 Å². The highest BCUT2D eigenvalue weighted by Crippen LogP contribution is 2.45. The van der Waals surface area contributed by atoms with Gasteiger partial charge in [0.1, 0.15) is 0 Å². The zero-order valence-electron chi connectivity index (χ0n) is 50.6. The van der Waals surface area contributed by atoms with E-state index in [4.69, 9.17) is 0 Å². The molecule has 0 saturated carbocycles. The molecule has 0 fully saturated rings. The van der Waals surface area contributed by atoms with Crippen molar-refractivity contribution in [1.82, 2.24) is 0 Å². The molecule has 6 heteroatoms. The monoisotopic (exact) mass is 1180 g/mol. The maximum absolute atomic E-state index is 2.33. The van der Waals surface area contributed by atoms with Crippen LogP contribution in [0.25, 0.3) is 21.5 Å². The molecule has 0 radical (unpaired) electrons. The van der Waals surface area contributed by atoms with Crippen LogP contribution in [-0.4, -0.2) is 0 Å². The predicted octanol–water partition coefficient (Wildman–Crippen LogP) is 24.8. The van der Waals surface area contributed by atoms with Crippen LogP contribution in [0.4, 0.5) is 102 Å². The summed E-state index contributed by atoms with van der Waals surface area (Å²) < 4.78 is 0. The molecule has 0 saturated heterocycles. The fraction of sp³-hybridized carbons (Fsp3) is 0. The average molecular weight is 1180 g/mol. The third kappa shape index (κ3) is 11.7. The molecule has 15 aromatic carbocycles. The number of benzene rings is 15. The van der Waals surface area contributed by atoms with Gasteiger partial charge < -0.3 is 29.4 Å². The van der Waals surface area contributed by atoms with Gasteiger partial charge in [0.25, 0.3) is 0 Å². The van der Waals surface area contributed by atoms with Crippen LogP contribution in [0.1, 0.15) is 0 Å². The molecule has 15 aromatic rings. The van der Waals surface area contributed by atoms with Crippen molar-refractivity contribution in [2.45, 2.75) is 0 Å². The van der Waals surface area contributed by atoms with Crippen LogP contribution in [0.3, 0.4) is 0 Å². The highest BCUT2D eigenvalue weighted by atomic mass is 15.2. The van der Waals surface area contributed by atoms with Crippen molar-refractivity contribution in [3.05, 3.63) is 388 Å². The van der Waals surface area contributed by atoms with Crippen molar-refractivity contribution >= 4 is 124 Å². The van der Waals surface area contributed by atoms with E-state index in [0.717, 1.165) is 102 Å². The average Bonchev–Trinajstić information content (AvgIpc) is 0.954. The first-order valence-electron chi connectivity index (χ1n) is 31.2. The molecule has 0 N–H and O–H groups in total. The summed E-state index contributed by atoms with van der Waals surface area (Å²) in [6.45, 7) is 0. The summed E-state index contributed by atoms with van der Waals surface area (Å²) in [6, 6.07) is 139. The number of hydrogen-bond donors (Lipinski definition) is 0. The Labute approximate surface area is 538 Å². The zero-order chi connectivity index (χ0) is 61.4. The van der Waals surface area contributed by atoms with Crippen molar-refractivity contribution in [1.29, 1.82) is 0 Å². The Morgan fingerprint density at radius 2 is 0.228 bits per heavy atom. The van der Waals surface area contributed by atoms with Crippen LogP contribution < -0.4 is 29.4 Å². The Morgan fingerprint density at radius 1 is 0.0978 bits per heavy atom. The smallest absolute Gasteiger partial charge is 0.0468 e. The van der Waals surface area contributed by atoms with Gasteiger partial charge in [-0.25, -0.2) is 0 Å². The molecule has 438 valence electrons. The number of rotatable bonds is 18. The van der Waals surface area contributed by atoms with Gasteiger partial charge in [-0.15, -0.1) is 0 Å². The maximum atomic E-state index is 2.33. The Bertz CT molecular complexity index is 4570. The van der Waals surface area contributed by atoms with E-state index in [9.17, 15) is 0 Å². The van der Waals surface area contributed by atoms with Gasteiger partial charge in [-0.2, -0.15) is 0 Å². The SMILES string of the molecule is c1ccc(N(c2ccc(N(c3ccccc3)c3ccc(N(c4ccccc4)c4ccc(N(c5ccccc5)c5ccc6ccccc6c5)cc4)cc3)cc2)c2ccc(N(c3ccccc3)c3ccc(N(c4ccccc4)c4ccc5ccccc5c4)cc3)cc2)cc1. The molecular formula is C86H64N6. The Kier molecular flexibility index (Phi) is 15.7. The predicted molar refractivity (Wildman–Crippen MR) is 390 cm³/mol. The molecule has 0 unspecified atom stereocenters. The molecule has 0 aliphatic carbocycles. The summed E-state index contributed by atoms with van der Waals surface area (Å²) in [5, 5.41) is 4.84. The quantitative estimate of drug-likeness (QED) is 0.0847. The van der Waals surface area contributed by atoms with Crippen molar-refractivity contribution in [2.24, 2.45) is 0 Å². The number of hydrogen-bond acceptors (Lipinski definition) is 6. The molecule has 0 aromatic heterocycles. The van der Waals surface area contributed by atoms with Crippen molar-refractivity contribution in [2.75, 3.05) is 29.4 Å². The van der Waals surface area contributed by atoms with E-state index in [2.05, 4.69) is 418 Å². The molecule has 0 amide bonds. The van der Waals surface area contributed by atoms with Gasteiger partial charge in [0, 0.05) is 102 Å². The third-order valence-electron chi connectivity index (χ3n) is 16.9. The van der Waals surface area contributed by atoms with Crippen LogP contribution in [0.2, 0.25) is 0 Å². The number of nitrogens with zero attached hydrogens (tertiary/aromatic N) is 6. The van der Waals surface area contributed by atoms with Crippen molar-refractivity contribution < 1.29 is 0 Å². The summed E-state index contributed by atoms with van der Waals surface area (Å²) in [5.41, 5.74) is 19.1. The van der Waals surface area contributed by atoms with E-state index in [-0.39, 0.29) is 0 Å². The van der Waals surface area contributed by atoms with Gasteiger partial charge in [0.2, 0.25) is 0 Å². The largest absolute Gasteiger partial charge is 0.311 e. The first-order chi connectivity index (χ1) is 45.6. The lowest BCUT2D eigenvalue weighted by molar-refractivity contribution is 1.24. The molecule has 0 bridgehead atoms. The Morgan fingerprint density at radius 3 is 0.413 bits per heavy atom. The van der Waals surface area contributed by atoms with Gasteiger partial charge in [-0.3, -0.25) is 0 Å². The van der Waals surface area contributed by atoms with Crippen LogP contribution in [0.5, 0.6) is 0 Å². The molecule has 92 heavy (non-hydrogen) atoms. The minimum Gasteiger partial charge on any atom is -0.311 e. The zero-order valence-corrected chi connectivity index (χ0v) is 50.6. The van der Waals surface area contributed by atoms with E-state index in [1.54, 1.807) is 0 Å². The molecule has 15 rings (SSSR count). The number of anilines is 18. The van der Waals surface area contributed by atoms with Gasteiger partial charge >= 0.3 is 0 Å². The summed E-state index contributed by atoms with van der Waals surface area (Å²) in [4.78, 5) is 14.0. The standard InChI is InChI=1S/C86H64N6/c1-7-27-69(28-8-1)87(77-47-51-79(52-48-77)89(71-31-11-3-12-32-71)81-55-59-83(60-56-81)91(73-35-15-5-16-36-73)85-41-39-65-23-19-21-25-67(65)63-85)75-43-45-76(46-44-75)88(70-29-9-2-10-30-70)78-49-53-80(54-50-78)90(72-33-13-4-14-34-72)82-57-61-84(62-58-82)92(74-37-17-6-18-38-74)86-42-40-66-24-20-22-26-68(66)64-86/h1-64H. The summed E-state index contributed by atoms with van der Waals surface area (Å²) >= 11 is 0. The third-order valence-corrected chi connectivity index (χ3v) is 16.9. The second kappa shape index (κ2) is 25.8. The number of para-hydroxylation sites is 6. The minimum atomic E-state index is 1.04. The second-order valence-electron chi connectivity index (χ2n) is 22.7. The van der Waals surface area contributed by atoms with Crippen molar-refractivity contribution in [3.63, 3.8) is 0 Å². The highest BCUT2D eigenvalue weighted by Gasteiger charge is 2.22. The first kappa shape index (κ1) is 56.2. The number of fused-ring (bicyclic) bond motifs is 2. The lowest BCUT2D eigenvalue weighted by Crippen LogP contribution is -2.14. The van der Waals surface area contributed by atoms with E-state index >= 15 is 0 Å². The molecular weight excluding hydrogens is 1120 g/mol. The second-order valence-corrected chi connectivity index (χ2v) is 22.7. The van der Waals surface area contributed by atoms with Crippen molar-refractivity contribution in [3.8, 4) is 0 Å². The van der Waals surface area contributed by atoms with Gasteiger partial charge in [-0.05, 0) is 240 Å². The highest BCUT2D eigenvalue weighted by molar-refractivity contribution is 5.92. The van der Waals surface area contributed by atoms with Gasteiger partial charge in [0.05, 0.1) is 0 Å². The molecule has 0 aliphatic heterocycles. The van der Waals surface area contributed by atoms with E-state index in [0.29, 0.717) is 0 Å². The minimum absolute atomic E-state index is 1.04. The van der Waals surface area contributed by atoms with Crippen LogP contribution in [0, 0.1) is 0 Å². The molecule has 0 heterocycles. The molecule has 0 spiro atoms. The fourth-order valence-corrected chi connectivity index (χ4v) is 12.5. The first-order valence-corrected chi connectivity index (χ1v) is 31.2. The summed E-state index contributed by atoms with van der Waals surface area (Å²) in [7, 11) is 0. The topological polar surface area (TPSA) is 19.4 Å². The Hall–Kier alpha value is -12.4. The van der Waals surface area contributed by atoms with Crippen LogP contribution in [-0.2, 0) is 0 Å². The molecule has 0 aliphatic rings. The maximum Gasteiger partial charge on any atom is 0.0468 e. The van der Waals surface area contributed by atoms with Crippen LogP contribution >= 0.6 is 0 Å². The van der Waals surface area contributed by atoms with E-state index in [1.807, 2.05) is 0 Å². The lowest BCUT2D eigenvalue weighted by atomic mass is 10.1. The molecule has 6 nitrogen and oxygen atoms in total. The van der Waals surface area contributed by atoms with Gasteiger partial charge in [-0.1, -0.05) is 170 Å². The summed E-state index contributed by atoms with van der Waals surface area (Å²) in [6.07, 6.45) is 0. The van der Waals surface area contributed by atoms with E-state index < -0.39 is 0 Å².